The molecule has 0 aliphatic heterocycles. The Morgan fingerprint density at radius 1 is 1.11 bits per heavy atom. The fourth-order valence-electron chi connectivity index (χ4n) is 2.48. The molecule has 0 heterocycles. The van der Waals surface area contributed by atoms with Gasteiger partial charge in [-0.2, -0.15) is 0 Å². The number of benzene rings is 2. The number of rotatable bonds is 7. The predicted molar refractivity (Wildman–Crippen MR) is 99.1 cm³/mol. The lowest BCUT2D eigenvalue weighted by molar-refractivity contribution is 0.0598. The zero-order valence-electron chi connectivity index (χ0n) is 14.9. The molecule has 0 saturated carbocycles. The van der Waals surface area contributed by atoms with Crippen molar-refractivity contribution in [2.75, 3.05) is 27.4 Å². The average Bonchev–Trinajstić information content (AvgIpc) is 2.66. The second-order valence-electron chi connectivity index (χ2n) is 5.53. The van der Waals surface area contributed by atoms with Crippen molar-refractivity contribution in [3.8, 4) is 5.75 Å². The summed E-state index contributed by atoms with van der Waals surface area (Å²) in [5.74, 6) is -0.680. The Kier molecular flexibility index (Phi) is 7.45. The third-order valence-electron chi connectivity index (χ3n) is 3.66. The van der Waals surface area contributed by atoms with Crippen LogP contribution in [0.3, 0.4) is 0 Å². The van der Waals surface area contributed by atoms with Crippen LogP contribution in [0.4, 0.5) is 4.79 Å². The number of hydrogen-bond donors (Lipinski definition) is 2. The number of amides is 1. The summed E-state index contributed by atoms with van der Waals surface area (Å²) in [7, 11) is 2.53. The molecule has 27 heavy (non-hydrogen) atoms. The monoisotopic (exact) mass is 393 g/mol. The highest BCUT2D eigenvalue weighted by Gasteiger charge is 2.19. The quantitative estimate of drug-likeness (QED) is 0.553. The Hall–Kier alpha value is -2.77. The predicted octanol–water partition coefficient (Wildman–Crippen LogP) is 3.29. The summed E-state index contributed by atoms with van der Waals surface area (Å²) in [4.78, 5) is 23.0. The number of alkyl carbamates (subject to hydrolysis) is 1. The minimum absolute atomic E-state index is 0.101. The van der Waals surface area contributed by atoms with Gasteiger partial charge in [0.15, 0.2) is 0 Å². The van der Waals surface area contributed by atoms with Gasteiger partial charge in [0.25, 0.3) is 0 Å². The molecule has 0 aliphatic rings. The van der Waals surface area contributed by atoms with Gasteiger partial charge in [0.2, 0.25) is 0 Å². The van der Waals surface area contributed by atoms with Gasteiger partial charge < -0.3 is 24.6 Å². The van der Waals surface area contributed by atoms with Gasteiger partial charge >= 0.3 is 12.1 Å². The van der Waals surface area contributed by atoms with Crippen molar-refractivity contribution in [3.05, 3.63) is 64.2 Å². The molecule has 0 radical (unpaired) electrons. The van der Waals surface area contributed by atoms with E-state index in [1.165, 1.54) is 26.4 Å². The first-order chi connectivity index (χ1) is 12.9. The summed E-state index contributed by atoms with van der Waals surface area (Å²) in [6.07, 6.45) is -1.19. The van der Waals surface area contributed by atoms with Crippen molar-refractivity contribution in [2.45, 2.75) is 6.10 Å². The van der Waals surface area contributed by atoms with E-state index in [0.29, 0.717) is 10.6 Å². The van der Waals surface area contributed by atoms with Gasteiger partial charge in [0.1, 0.15) is 11.9 Å². The van der Waals surface area contributed by atoms with E-state index in [4.69, 9.17) is 21.1 Å². The maximum atomic E-state index is 11.8. The van der Waals surface area contributed by atoms with Crippen LogP contribution in [0.5, 0.6) is 5.75 Å². The third kappa shape index (κ3) is 5.87. The molecular formula is C19H20ClNO6. The van der Waals surface area contributed by atoms with Crippen LogP contribution >= 0.6 is 11.6 Å². The Bertz CT molecular complexity index is 811. The molecule has 2 aromatic carbocycles. The van der Waals surface area contributed by atoms with Crippen LogP contribution in [0.1, 0.15) is 27.6 Å². The average molecular weight is 394 g/mol. The van der Waals surface area contributed by atoms with Crippen LogP contribution in [-0.4, -0.2) is 44.5 Å². The zero-order valence-corrected chi connectivity index (χ0v) is 15.7. The van der Waals surface area contributed by atoms with E-state index >= 15 is 0 Å². The van der Waals surface area contributed by atoms with E-state index in [-0.39, 0.29) is 24.5 Å². The Morgan fingerprint density at radius 3 is 2.56 bits per heavy atom. The number of carbonyl (C=O) groups is 2. The van der Waals surface area contributed by atoms with Crippen LogP contribution in [0.15, 0.2) is 42.5 Å². The Labute approximate surface area is 161 Å². The molecular weight excluding hydrogens is 374 g/mol. The van der Waals surface area contributed by atoms with Crippen molar-refractivity contribution in [2.24, 2.45) is 0 Å². The van der Waals surface area contributed by atoms with E-state index in [1.54, 1.807) is 24.3 Å². The van der Waals surface area contributed by atoms with Crippen molar-refractivity contribution in [3.63, 3.8) is 0 Å². The van der Waals surface area contributed by atoms with Gasteiger partial charge in [0.05, 0.1) is 26.4 Å². The highest BCUT2D eigenvalue weighted by atomic mass is 35.5. The normalized spacial score (nSPS) is 11.5. The molecule has 7 nitrogen and oxygen atoms in total. The number of hydrogen-bond acceptors (Lipinski definition) is 6. The SMILES string of the molecule is COC(=O)NCCOC(c1cccc(Cl)c1)c1cc(O)cc(C(=O)OC)c1. The van der Waals surface area contributed by atoms with Crippen molar-refractivity contribution in [1.82, 2.24) is 5.32 Å². The number of halogens is 1. The number of aromatic hydroxyl groups is 1. The lowest BCUT2D eigenvalue weighted by atomic mass is 9.99. The van der Waals surface area contributed by atoms with Crippen molar-refractivity contribution in [1.29, 1.82) is 0 Å². The van der Waals surface area contributed by atoms with Crippen LogP contribution in [0, 0.1) is 0 Å². The largest absolute Gasteiger partial charge is 0.508 e. The lowest BCUT2D eigenvalue weighted by Crippen LogP contribution is -2.27. The van der Waals surface area contributed by atoms with Gasteiger partial charge in [-0.25, -0.2) is 9.59 Å². The molecule has 2 N–H and O–H groups in total. The smallest absolute Gasteiger partial charge is 0.406 e. The second kappa shape index (κ2) is 9.80. The maximum absolute atomic E-state index is 11.8. The van der Waals surface area contributed by atoms with Crippen LogP contribution < -0.4 is 5.32 Å². The molecule has 0 aliphatic carbocycles. The van der Waals surface area contributed by atoms with E-state index in [9.17, 15) is 14.7 Å². The molecule has 1 atom stereocenters. The molecule has 0 fully saturated rings. The molecule has 1 amide bonds. The minimum atomic E-state index is -0.626. The minimum Gasteiger partial charge on any atom is -0.508 e. The summed E-state index contributed by atoms with van der Waals surface area (Å²) in [6.45, 7) is 0.377. The van der Waals surface area contributed by atoms with Gasteiger partial charge in [-0.05, 0) is 41.5 Å². The number of esters is 1. The number of carbonyl (C=O) groups excluding carboxylic acids is 2. The molecule has 0 spiro atoms. The lowest BCUT2D eigenvalue weighted by Gasteiger charge is -2.20. The summed E-state index contributed by atoms with van der Waals surface area (Å²) in [6, 6.07) is 11.4. The van der Waals surface area contributed by atoms with E-state index in [2.05, 4.69) is 10.1 Å². The number of phenolic OH excluding ortho intramolecular Hbond substituents is 1. The Balaban J connectivity index is 2.30. The first-order valence-electron chi connectivity index (χ1n) is 8.05. The van der Waals surface area contributed by atoms with Crippen LogP contribution in [0.2, 0.25) is 5.02 Å². The maximum Gasteiger partial charge on any atom is 0.406 e. The van der Waals surface area contributed by atoms with E-state index < -0.39 is 18.2 Å². The van der Waals surface area contributed by atoms with Crippen molar-refractivity contribution < 1.29 is 28.9 Å². The molecule has 2 rings (SSSR count). The van der Waals surface area contributed by atoms with Crippen molar-refractivity contribution >= 4 is 23.7 Å². The summed E-state index contributed by atoms with van der Waals surface area (Å²) < 4.78 is 15.1. The first kappa shape index (κ1) is 20.5. The van der Waals surface area contributed by atoms with Gasteiger partial charge in [0, 0.05) is 11.6 Å². The standard InChI is InChI=1S/C19H20ClNO6/c1-25-18(23)14-8-13(10-16(22)11-14)17(12-4-3-5-15(20)9-12)27-7-6-21-19(24)26-2/h3-5,8-11,17,22H,6-7H2,1-2H3,(H,21,24). The van der Waals surface area contributed by atoms with Gasteiger partial charge in [-0.15, -0.1) is 0 Å². The zero-order chi connectivity index (χ0) is 19.8. The number of phenols is 1. The second-order valence-corrected chi connectivity index (χ2v) is 5.97. The summed E-state index contributed by atoms with van der Waals surface area (Å²) in [5, 5.41) is 13.0. The Morgan fingerprint density at radius 2 is 1.89 bits per heavy atom. The van der Waals surface area contributed by atoms with Gasteiger partial charge in [-0.3, -0.25) is 0 Å². The fourth-order valence-corrected chi connectivity index (χ4v) is 2.68. The summed E-state index contributed by atoms with van der Waals surface area (Å²) in [5.41, 5.74) is 1.45. The molecule has 2 aromatic rings. The molecule has 0 saturated heterocycles. The number of methoxy groups -OCH3 is 2. The van der Waals surface area contributed by atoms with Crippen LogP contribution in [-0.2, 0) is 14.2 Å². The number of ether oxygens (including phenoxy) is 3. The fraction of sp³-hybridized carbons (Fsp3) is 0.263. The number of nitrogens with one attached hydrogen (secondary N) is 1. The van der Waals surface area contributed by atoms with E-state index in [0.717, 1.165) is 5.56 Å². The van der Waals surface area contributed by atoms with E-state index in [1.807, 2.05) is 6.07 Å². The highest BCUT2D eigenvalue weighted by Crippen LogP contribution is 2.31. The molecule has 8 heteroatoms. The topological polar surface area (TPSA) is 94.1 Å². The van der Waals surface area contributed by atoms with Gasteiger partial charge in [-0.1, -0.05) is 23.7 Å². The van der Waals surface area contributed by atoms with Crippen LogP contribution in [0.25, 0.3) is 0 Å². The highest BCUT2D eigenvalue weighted by molar-refractivity contribution is 6.30. The molecule has 0 bridgehead atoms. The molecule has 0 aromatic heterocycles. The summed E-state index contributed by atoms with van der Waals surface area (Å²) >= 11 is 6.08. The third-order valence-corrected chi connectivity index (χ3v) is 3.89. The molecule has 144 valence electrons. The first-order valence-corrected chi connectivity index (χ1v) is 8.43. The molecule has 1 unspecified atom stereocenters.